The molecule has 0 fully saturated rings. The number of H-pyrrole nitrogens is 1. The van der Waals surface area contributed by atoms with Crippen LogP contribution in [0.4, 0.5) is 4.79 Å². The molecule has 182 valence electrons. The van der Waals surface area contributed by atoms with E-state index in [-0.39, 0.29) is 5.88 Å². The standard InChI is InChI=1S/C29H26N2O5/c1-18-16-26(34-2)30-17-24(18)22-12-6-11-21-23(28(31-27(21)22)36-29(32)33)13-7-15-35-25-14-5-9-19-8-3-4-10-20(19)25/h3-6,8-12,14,16-17,31H,7,13,15H2,1-2H3,(H,32,33). The minimum atomic E-state index is -1.36. The van der Waals surface area contributed by atoms with Gasteiger partial charge >= 0.3 is 6.16 Å². The highest BCUT2D eigenvalue weighted by Gasteiger charge is 2.19. The molecule has 0 bridgehead atoms. The summed E-state index contributed by atoms with van der Waals surface area (Å²) in [5.74, 6) is 1.60. The highest BCUT2D eigenvalue weighted by atomic mass is 16.7. The molecular formula is C29H26N2O5. The lowest BCUT2D eigenvalue weighted by Gasteiger charge is -2.10. The van der Waals surface area contributed by atoms with E-state index < -0.39 is 6.16 Å². The Kier molecular flexibility index (Phi) is 6.45. The first-order valence-electron chi connectivity index (χ1n) is 11.7. The van der Waals surface area contributed by atoms with Crippen LogP contribution < -0.4 is 14.2 Å². The Morgan fingerprint density at radius 3 is 2.58 bits per heavy atom. The molecule has 0 aliphatic carbocycles. The van der Waals surface area contributed by atoms with Gasteiger partial charge in [0.2, 0.25) is 11.8 Å². The second-order valence-corrected chi connectivity index (χ2v) is 8.50. The molecule has 2 aromatic heterocycles. The van der Waals surface area contributed by atoms with Crippen LogP contribution in [0.25, 0.3) is 32.8 Å². The normalized spacial score (nSPS) is 11.1. The Hall–Kier alpha value is -4.52. The first kappa shape index (κ1) is 23.2. The lowest BCUT2D eigenvalue weighted by molar-refractivity contribution is 0.142. The van der Waals surface area contributed by atoms with Crippen molar-refractivity contribution in [1.82, 2.24) is 9.97 Å². The molecule has 0 spiro atoms. The van der Waals surface area contributed by atoms with Crippen molar-refractivity contribution in [2.24, 2.45) is 0 Å². The number of aromatic amines is 1. The van der Waals surface area contributed by atoms with E-state index >= 15 is 0 Å². The molecule has 0 atom stereocenters. The molecule has 0 aliphatic heterocycles. The Bertz CT molecular complexity index is 1550. The van der Waals surface area contributed by atoms with Gasteiger partial charge in [-0.15, -0.1) is 0 Å². The number of aryl methyl sites for hydroxylation is 2. The smallest absolute Gasteiger partial charge is 0.493 e. The number of nitrogens with zero attached hydrogens (tertiary/aromatic N) is 1. The van der Waals surface area contributed by atoms with E-state index in [0.29, 0.717) is 25.3 Å². The van der Waals surface area contributed by atoms with Crippen molar-refractivity contribution < 1.29 is 24.1 Å². The van der Waals surface area contributed by atoms with Crippen LogP contribution in [0, 0.1) is 6.92 Å². The fourth-order valence-electron chi connectivity index (χ4n) is 4.57. The van der Waals surface area contributed by atoms with Crippen LogP contribution in [-0.2, 0) is 6.42 Å². The van der Waals surface area contributed by atoms with Crippen LogP contribution in [0.1, 0.15) is 17.5 Å². The molecule has 5 rings (SSSR count). The predicted octanol–water partition coefficient (Wildman–Crippen LogP) is 6.77. The Morgan fingerprint density at radius 1 is 1.00 bits per heavy atom. The lowest BCUT2D eigenvalue weighted by Crippen LogP contribution is -2.06. The third-order valence-corrected chi connectivity index (χ3v) is 6.25. The van der Waals surface area contributed by atoms with Crippen molar-refractivity contribution in [2.75, 3.05) is 13.7 Å². The molecule has 0 saturated heterocycles. The molecule has 0 unspecified atom stereocenters. The summed E-state index contributed by atoms with van der Waals surface area (Å²) >= 11 is 0. The summed E-state index contributed by atoms with van der Waals surface area (Å²) in [4.78, 5) is 19.0. The molecule has 0 amide bonds. The Labute approximate surface area is 208 Å². The zero-order chi connectivity index (χ0) is 25.1. The number of benzene rings is 3. The van der Waals surface area contributed by atoms with Gasteiger partial charge in [0, 0.05) is 39.7 Å². The van der Waals surface area contributed by atoms with E-state index in [2.05, 4.69) is 22.1 Å². The van der Waals surface area contributed by atoms with Gasteiger partial charge in [-0.1, -0.05) is 54.6 Å². The zero-order valence-electron chi connectivity index (χ0n) is 20.1. The Morgan fingerprint density at radius 2 is 1.78 bits per heavy atom. The maximum Gasteiger partial charge on any atom is 0.512 e. The SMILES string of the molecule is COc1cc(C)c(-c2cccc3c(CCCOc4cccc5ccccc45)c(OC(=O)O)[nH]c23)cn1. The lowest BCUT2D eigenvalue weighted by atomic mass is 9.99. The summed E-state index contributed by atoms with van der Waals surface area (Å²) in [6.45, 7) is 2.47. The minimum Gasteiger partial charge on any atom is -0.493 e. The van der Waals surface area contributed by atoms with Crippen LogP contribution in [0.3, 0.4) is 0 Å². The van der Waals surface area contributed by atoms with Gasteiger partial charge in [0.15, 0.2) is 0 Å². The number of aromatic nitrogens is 2. The van der Waals surface area contributed by atoms with Crippen molar-refractivity contribution in [1.29, 1.82) is 0 Å². The number of hydrogen-bond acceptors (Lipinski definition) is 5. The van der Waals surface area contributed by atoms with Crippen molar-refractivity contribution in [3.63, 3.8) is 0 Å². The highest BCUT2D eigenvalue weighted by Crippen LogP contribution is 2.37. The van der Waals surface area contributed by atoms with E-state index in [1.807, 2.05) is 61.5 Å². The molecule has 0 aliphatic rings. The molecule has 5 aromatic rings. The van der Waals surface area contributed by atoms with E-state index in [1.54, 1.807) is 13.3 Å². The van der Waals surface area contributed by atoms with Crippen molar-refractivity contribution in [3.05, 3.63) is 84.1 Å². The van der Waals surface area contributed by atoms with Gasteiger partial charge in [-0.05, 0) is 36.8 Å². The van der Waals surface area contributed by atoms with E-state index in [9.17, 15) is 9.90 Å². The molecule has 7 heteroatoms. The summed E-state index contributed by atoms with van der Waals surface area (Å²) in [5, 5.41) is 12.4. The average molecular weight is 483 g/mol. The molecule has 2 heterocycles. The van der Waals surface area contributed by atoms with Gasteiger partial charge < -0.3 is 24.3 Å². The number of rotatable bonds is 8. The van der Waals surface area contributed by atoms with Gasteiger partial charge in [-0.3, -0.25) is 0 Å². The number of para-hydroxylation sites is 1. The molecule has 0 radical (unpaired) electrons. The van der Waals surface area contributed by atoms with Crippen LogP contribution >= 0.6 is 0 Å². The monoisotopic (exact) mass is 482 g/mol. The number of nitrogens with one attached hydrogen (secondary N) is 1. The fourth-order valence-corrected chi connectivity index (χ4v) is 4.57. The first-order valence-corrected chi connectivity index (χ1v) is 11.7. The van der Waals surface area contributed by atoms with E-state index in [1.165, 1.54) is 0 Å². The average Bonchev–Trinajstić information content (AvgIpc) is 3.23. The van der Waals surface area contributed by atoms with Gasteiger partial charge in [-0.2, -0.15) is 0 Å². The largest absolute Gasteiger partial charge is 0.512 e. The molecule has 0 saturated carbocycles. The van der Waals surface area contributed by atoms with E-state index in [0.717, 1.165) is 49.7 Å². The highest BCUT2D eigenvalue weighted by molar-refractivity contribution is 5.98. The molecular weight excluding hydrogens is 456 g/mol. The van der Waals surface area contributed by atoms with Crippen molar-refractivity contribution >= 4 is 27.8 Å². The number of fused-ring (bicyclic) bond motifs is 2. The molecule has 7 nitrogen and oxygen atoms in total. The maximum atomic E-state index is 11.4. The third kappa shape index (κ3) is 4.55. The molecule has 2 N–H and O–H groups in total. The predicted molar refractivity (Wildman–Crippen MR) is 139 cm³/mol. The minimum absolute atomic E-state index is 0.231. The molecule has 36 heavy (non-hydrogen) atoms. The number of hydrogen-bond donors (Lipinski definition) is 2. The summed E-state index contributed by atoms with van der Waals surface area (Å²) in [6, 6.07) is 21.9. The maximum absolute atomic E-state index is 11.4. The summed E-state index contributed by atoms with van der Waals surface area (Å²) < 4.78 is 16.5. The second-order valence-electron chi connectivity index (χ2n) is 8.50. The van der Waals surface area contributed by atoms with Gasteiger partial charge in [0.1, 0.15) is 5.75 Å². The Balaban J connectivity index is 1.43. The quantitative estimate of drug-likeness (QED) is 0.187. The number of methoxy groups -OCH3 is 1. The van der Waals surface area contributed by atoms with E-state index in [4.69, 9.17) is 14.2 Å². The van der Waals surface area contributed by atoms with Crippen LogP contribution in [-0.4, -0.2) is 34.9 Å². The van der Waals surface area contributed by atoms with Gasteiger partial charge in [0.25, 0.3) is 0 Å². The second kappa shape index (κ2) is 10.00. The van der Waals surface area contributed by atoms with Crippen LogP contribution in [0.2, 0.25) is 0 Å². The first-order chi connectivity index (χ1) is 17.5. The van der Waals surface area contributed by atoms with Crippen LogP contribution in [0.15, 0.2) is 72.9 Å². The van der Waals surface area contributed by atoms with Gasteiger partial charge in [0.05, 0.1) is 19.2 Å². The molecule has 3 aromatic carbocycles. The summed E-state index contributed by atoms with van der Waals surface area (Å²) in [6.07, 6.45) is 1.66. The third-order valence-electron chi connectivity index (χ3n) is 6.25. The van der Waals surface area contributed by atoms with Crippen molar-refractivity contribution in [2.45, 2.75) is 19.8 Å². The zero-order valence-corrected chi connectivity index (χ0v) is 20.1. The van der Waals surface area contributed by atoms with Gasteiger partial charge in [-0.25, -0.2) is 9.78 Å². The summed E-state index contributed by atoms with van der Waals surface area (Å²) in [7, 11) is 1.58. The fraction of sp³-hybridized carbons (Fsp3) is 0.172. The number of pyridine rings is 1. The summed E-state index contributed by atoms with van der Waals surface area (Å²) in [5.41, 5.74) is 4.43. The topological polar surface area (TPSA) is 93.7 Å². The number of carbonyl (C=O) groups is 1. The van der Waals surface area contributed by atoms with Crippen molar-refractivity contribution in [3.8, 4) is 28.6 Å². The number of ether oxygens (including phenoxy) is 3. The van der Waals surface area contributed by atoms with Crippen LogP contribution in [0.5, 0.6) is 17.5 Å². The number of carboxylic acid groups (broad SMARTS) is 1.